The molecule has 2 aromatic rings. The molecular formula is C19H24FN. The largest absolute Gasteiger partial charge is 0.310 e. The van der Waals surface area contributed by atoms with Gasteiger partial charge in [0.15, 0.2) is 0 Å². The zero-order valence-corrected chi connectivity index (χ0v) is 12.9. The molecule has 1 unspecified atom stereocenters. The van der Waals surface area contributed by atoms with Crippen LogP contribution >= 0.6 is 0 Å². The van der Waals surface area contributed by atoms with Gasteiger partial charge in [-0.15, -0.1) is 0 Å². The Morgan fingerprint density at radius 2 is 1.48 bits per heavy atom. The van der Waals surface area contributed by atoms with Crippen LogP contribution in [0.15, 0.2) is 48.5 Å². The molecule has 1 N–H and O–H groups in total. The Hall–Kier alpha value is -1.67. The minimum atomic E-state index is -0.174. The summed E-state index contributed by atoms with van der Waals surface area (Å²) >= 11 is 0. The average molecular weight is 285 g/mol. The molecule has 0 aliphatic carbocycles. The van der Waals surface area contributed by atoms with Crippen LogP contribution in [-0.4, -0.2) is 6.54 Å². The van der Waals surface area contributed by atoms with E-state index in [1.54, 1.807) is 0 Å². The quantitative estimate of drug-likeness (QED) is 0.779. The molecule has 0 radical (unpaired) electrons. The fourth-order valence-corrected chi connectivity index (χ4v) is 2.46. The average Bonchev–Trinajstić information content (AvgIpc) is 2.50. The van der Waals surface area contributed by atoms with Crippen LogP contribution in [0.1, 0.15) is 43.0 Å². The molecule has 0 spiro atoms. The van der Waals surface area contributed by atoms with Gasteiger partial charge in [0.1, 0.15) is 5.82 Å². The highest BCUT2D eigenvalue weighted by atomic mass is 19.1. The van der Waals surface area contributed by atoms with Crippen molar-refractivity contribution in [2.45, 2.75) is 39.2 Å². The Balaban J connectivity index is 1.81. The van der Waals surface area contributed by atoms with Crippen molar-refractivity contribution in [2.75, 3.05) is 6.54 Å². The van der Waals surface area contributed by atoms with E-state index in [2.05, 4.69) is 43.4 Å². The van der Waals surface area contributed by atoms with Crippen molar-refractivity contribution >= 4 is 0 Å². The highest BCUT2D eigenvalue weighted by Gasteiger charge is 2.04. The first-order chi connectivity index (χ1) is 10.2. The second-order valence-corrected chi connectivity index (χ2v) is 5.54. The van der Waals surface area contributed by atoms with Gasteiger partial charge < -0.3 is 5.32 Å². The van der Waals surface area contributed by atoms with Crippen molar-refractivity contribution in [1.29, 1.82) is 0 Å². The van der Waals surface area contributed by atoms with Gasteiger partial charge in [-0.25, -0.2) is 4.39 Å². The number of rotatable bonds is 7. The smallest absolute Gasteiger partial charge is 0.123 e. The summed E-state index contributed by atoms with van der Waals surface area (Å²) in [7, 11) is 0. The predicted octanol–water partition coefficient (Wildman–Crippen LogP) is 4.67. The standard InChI is InChI=1S/C19H24FN/c1-3-4-16-5-9-18(10-6-16)15(2)21-14-13-17-7-11-19(20)12-8-17/h5-12,15,21H,3-4,13-14H2,1-2H3. The van der Waals surface area contributed by atoms with Gasteiger partial charge in [-0.1, -0.05) is 49.7 Å². The van der Waals surface area contributed by atoms with Crippen LogP contribution in [0.4, 0.5) is 4.39 Å². The van der Waals surface area contributed by atoms with Crippen LogP contribution in [0, 0.1) is 5.82 Å². The molecule has 0 aliphatic heterocycles. The van der Waals surface area contributed by atoms with Gasteiger partial charge in [-0.05, 0) is 55.1 Å². The highest BCUT2D eigenvalue weighted by Crippen LogP contribution is 2.14. The van der Waals surface area contributed by atoms with Crippen molar-refractivity contribution in [3.8, 4) is 0 Å². The molecule has 0 fully saturated rings. The number of nitrogens with one attached hydrogen (secondary N) is 1. The van der Waals surface area contributed by atoms with Gasteiger partial charge in [0, 0.05) is 6.04 Å². The molecule has 112 valence electrons. The summed E-state index contributed by atoms with van der Waals surface area (Å²) in [6, 6.07) is 15.9. The van der Waals surface area contributed by atoms with Crippen LogP contribution in [0.2, 0.25) is 0 Å². The monoisotopic (exact) mass is 285 g/mol. The van der Waals surface area contributed by atoms with Crippen LogP contribution < -0.4 is 5.32 Å². The minimum absolute atomic E-state index is 0.174. The third kappa shape index (κ3) is 4.98. The first-order valence-corrected chi connectivity index (χ1v) is 7.75. The zero-order valence-electron chi connectivity index (χ0n) is 12.9. The molecule has 1 atom stereocenters. The summed E-state index contributed by atoms with van der Waals surface area (Å²) in [4.78, 5) is 0. The maximum Gasteiger partial charge on any atom is 0.123 e. The molecule has 21 heavy (non-hydrogen) atoms. The van der Waals surface area contributed by atoms with E-state index in [0.717, 1.165) is 24.9 Å². The molecule has 0 aliphatic rings. The molecule has 0 saturated heterocycles. The second kappa shape index (κ2) is 7.94. The van der Waals surface area contributed by atoms with Gasteiger partial charge >= 0.3 is 0 Å². The molecule has 0 bridgehead atoms. The number of hydrogen-bond donors (Lipinski definition) is 1. The van der Waals surface area contributed by atoms with Crippen molar-refractivity contribution in [3.05, 3.63) is 71.0 Å². The lowest BCUT2D eigenvalue weighted by Gasteiger charge is -2.15. The lowest BCUT2D eigenvalue weighted by atomic mass is 10.0. The van der Waals surface area contributed by atoms with Crippen molar-refractivity contribution in [3.63, 3.8) is 0 Å². The lowest BCUT2D eigenvalue weighted by molar-refractivity contribution is 0.576. The molecule has 0 saturated carbocycles. The number of hydrogen-bond acceptors (Lipinski definition) is 1. The number of halogens is 1. The van der Waals surface area contributed by atoms with E-state index in [1.807, 2.05) is 12.1 Å². The Morgan fingerprint density at radius 3 is 2.10 bits per heavy atom. The first-order valence-electron chi connectivity index (χ1n) is 7.75. The van der Waals surface area contributed by atoms with Crippen molar-refractivity contribution in [2.24, 2.45) is 0 Å². The van der Waals surface area contributed by atoms with Gasteiger partial charge in [-0.2, -0.15) is 0 Å². The van der Waals surface area contributed by atoms with Crippen LogP contribution in [-0.2, 0) is 12.8 Å². The van der Waals surface area contributed by atoms with Gasteiger partial charge in [0.05, 0.1) is 0 Å². The summed E-state index contributed by atoms with van der Waals surface area (Å²) in [5, 5.41) is 3.52. The van der Waals surface area contributed by atoms with Crippen LogP contribution in [0.3, 0.4) is 0 Å². The molecule has 0 heterocycles. The Morgan fingerprint density at radius 1 is 0.905 bits per heavy atom. The van der Waals surface area contributed by atoms with E-state index >= 15 is 0 Å². The maximum absolute atomic E-state index is 12.8. The summed E-state index contributed by atoms with van der Waals surface area (Å²) in [5.74, 6) is -0.174. The molecule has 1 nitrogen and oxygen atoms in total. The Labute approximate surface area is 127 Å². The van der Waals surface area contributed by atoms with E-state index in [-0.39, 0.29) is 5.82 Å². The SMILES string of the molecule is CCCc1ccc(C(C)NCCc2ccc(F)cc2)cc1. The summed E-state index contributed by atoms with van der Waals surface area (Å²) in [6.45, 7) is 5.27. The first kappa shape index (κ1) is 15.7. The van der Waals surface area contributed by atoms with Crippen molar-refractivity contribution in [1.82, 2.24) is 5.32 Å². The van der Waals surface area contributed by atoms with E-state index in [4.69, 9.17) is 0 Å². The normalized spacial score (nSPS) is 12.3. The topological polar surface area (TPSA) is 12.0 Å². The maximum atomic E-state index is 12.8. The molecule has 2 heteroatoms. The summed E-state index contributed by atoms with van der Waals surface area (Å²) in [5.41, 5.74) is 3.88. The van der Waals surface area contributed by atoms with E-state index < -0.39 is 0 Å². The van der Waals surface area contributed by atoms with Crippen molar-refractivity contribution < 1.29 is 4.39 Å². The minimum Gasteiger partial charge on any atom is -0.310 e. The molecule has 2 rings (SSSR count). The third-order valence-electron chi connectivity index (χ3n) is 3.80. The fourth-order valence-electron chi connectivity index (χ4n) is 2.46. The molecule has 0 amide bonds. The zero-order chi connectivity index (χ0) is 15.1. The second-order valence-electron chi connectivity index (χ2n) is 5.54. The fraction of sp³-hybridized carbons (Fsp3) is 0.368. The van der Waals surface area contributed by atoms with Gasteiger partial charge in [-0.3, -0.25) is 0 Å². The Kier molecular flexibility index (Phi) is 5.94. The molecule has 2 aromatic carbocycles. The van der Waals surface area contributed by atoms with Crippen LogP contribution in [0.5, 0.6) is 0 Å². The summed E-state index contributed by atoms with van der Waals surface area (Å²) < 4.78 is 12.8. The van der Waals surface area contributed by atoms with E-state index in [9.17, 15) is 4.39 Å². The Bertz CT molecular complexity index is 530. The van der Waals surface area contributed by atoms with Gasteiger partial charge in [0.2, 0.25) is 0 Å². The highest BCUT2D eigenvalue weighted by molar-refractivity contribution is 5.25. The predicted molar refractivity (Wildman–Crippen MR) is 87.0 cm³/mol. The lowest BCUT2D eigenvalue weighted by Crippen LogP contribution is -2.21. The van der Waals surface area contributed by atoms with E-state index in [1.165, 1.54) is 29.7 Å². The molecule has 0 aromatic heterocycles. The van der Waals surface area contributed by atoms with E-state index in [0.29, 0.717) is 6.04 Å². The van der Waals surface area contributed by atoms with Gasteiger partial charge in [0.25, 0.3) is 0 Å². The van der Waals surface area contributed by atoms with Crippen LogP contribution in [0.25, 0.3) is 0 Å². The third-order valence-corrected chi connectivity index (χ3v) is 3.80. The number of benzene rings is 2. The summed E-state index contributed by atoms with van der Waals surface area (Å²) in [6.07, 6.45) is 3.25. The number of aryl methyl sites for hydroxylation is 1. The molecular weight excluding hydrogens is 261 g/mol.